The molecule has 1 aliphatic rings. The second-order valence-corrected chi connectivity index (χ2v) is 6.45. The fourth-order valence-electron chi connectivity index (χ4n) is 3.18. The molecule has 26 heavy (non-hydrogen) atoms. The van der Waals surface area contributed by atoms with Crippen LogP contribution >= 0.6 is 0 Å². The second kappa shape index (κ2) is 8.61. The molecule has 3 rings (SSSR count). The normalized spacial score (nSPS) is 14.8. The fraction of sp³-hybridized carbons (Fsp3) is 0.286. The summed E-state index contributed by atoms with van der Waals surface area (Å²) in [6.07, 6.45) is 5.28. The van der Waals surface area contributed by atoms with Crippen molar-refractivity contribution in [1.29, 1.82) is 0 Å². The van der Waals surface area contributed by atoms with Gasteiger partial charge in [-0.25, -0.2) is 0 Å². The number of nitrogens with zero attached hydrogens (tertiary/aromatic N) is 1. The first-order chi connectivity index (χ1) is 12.7. The van der Waals surface area contributed by atoms with Gasteiger partial charge in [-0.3, -0.25) is 4.79 Å². The standard InChI is InChI=1S/C21H24BNO3/c1-22-26-21(17-7-11-19(24)12-8-17)15-20(25)16-5-9-18(10-6-16)23-13-3-2-4-14-23/h5-12,15,22,24H,2-4,13-14H2,1H3/b21-15-. The molecule has 2 aromatic rings. The van der Waals surface area contributed by atoms with Crippen LogP contribution in [0.4, 0.5) is 5.69 Å². The summed E-state index contributed by atoms with van der Waals surface area (Å²) in [4.78, 5) is 15.0. The van der Waals surface area contributed by atoms with Crippen LogP contribution in [0.15, 0.2) is 54.6 Å². The number of anilines is 1. The molecule has 0 amide bonds. The molecule has 2 aromatic carbocycles. The molecule has 0 aliphatic carbocycles. The third kappa shape index (κ3) is 4.48. The van der Waals surface area contributed by atoms with Gasteiger partial charge in [-0.05, 0) is 67.8 Å². The zero-order valence-corrected chi connectivity index (χ0v) is 15.1. The van der Waals surface area contributed by atoms with Crippen LogP contribution in [0.5, 0.6) is 5.75 Å². The van der Waals surface area contributed by atoms with Crippen LogP contribution < -0.4 is 4.90 Å². The third-order valence-electron chi connectivity index (χ3n) is 4.59. The van der Waals surface area contributed by atoms with Gasteiger partial charge in [0.15, 0.2) is 5.78 Å². The molecule has 5 heteroatoms. The van der Waals surface area contributed by atoms with Crippen LogP contribution in [0.2, 0.25) is 6.82 Å². The number of phenols is 1. The van der Waals surface area contributed by atoms with Crippen molar-refractivity contribution in [3.8, 4) is 5.75 Å². The van der Waals surface area contributed by atoms with Gasteiger partial charge < -0.3 is 14.7 Å². The lowest BCUT2D eigenvalue weighted by Crippen LogP contribution is -2.29. The molecule has 0 aromatic heterocycles. The van der Waals surface area contributed by atoms with E-state index < -0.39 is 0 Å². The van der Waals surface area contributed by atoms with Crippen molar-refractivity contribution in [2.45, 2.75) is 26.1 Å². The summed E-state index contributed by atoms with van der Waals surface area (Å²) in [5.74, 6) is 0.605. The predicted octanol–water partition coefficient (Wildman–Crippen LogP) is 4.02. The molecule has 1 saturated heterocycles. The van der Waals surface area contributed by atoms with E-state index in [0.29, 0.717) is 18.8 Å². The highest BCUT2D eigenvalue weighted by Crippen LogP contribution is 2.22. The Morgan fingerprint density at radius 1 is 1.00 bits per heavy atom. The first-order valence-corrected chi connectivity index (χ1v) is 9.20. The summed E-state index contributed by atoms with van der Waals surface area (Å²) >= 11 is 0. The number of aromatic hydroxyl groups is 1. The number of hydrogen-bond acceptors (Lipinski definition) is 4. The molecule has 134 valence electrons. The largest absolute Gasteiger partial charge is 0.564 e. The van der Waals surface area contributed by atoms with Gasteiger partial charge in [0.1, 0.15) is 11.5 Å². The summed E-state index contributed by atoms with van der Waals surface area (Å²) in [6.45, 7) is 4.05. The van der Waals surface area contributed by atoms with Crippen molar-refractivity contribution >= 4 is 24.7 Å². The number of benzene rings is 2. The van der Waals surface area contributed by atoms with Crippen LogP contribution in [0.25, 0.3) is 5.76 Å². The van der Waals surface area contributed by atoms with Gasteiger partial charge >= 0.3 is 7.48 Å². The highest BCUT2D eigenvalue weighted by atomic mass is 16.4. The Morgan fingerprint density at radius 2 is 1.62 bits per heavy atom. The number of piperidine rings is 1. The summed E-state index contributed by atoms with van der Waals surface area (Å²) in [6, 6.07) is 14.4. The quantitative estimate of drug-likeness (QED) is 0.370. The number of hydrogen-bond donors (Lipinski definition) is 1. The van der Waals surface area contributed by atoms with Crippen LogP contribution in [-0.2, 0) is 4.65 Å². The molecule has 0 radical (unpaired) electrons. The van der Waals surface area contributed by atoms with Crippen LogP contribution in [0.1, 0.15) is 35.2 Å². The molecular weight excluding hydrogens is 325 g/mol. The summed E-state index contributed by atoms with van der Waals surface area (Å²) in [5, 5.41) is 9.43. The molecule has 4 nitrogen and oxygen atoms in total. The van der Waals surface area contributed by atoms with E-state index in [1.807, 2.05) is 31.1 Å². The first kappa shape index (κ1) is 18.1. The summed E-state index contributed by atoms with van der Waals surface area (Å²) < 4.78 is 5.63. The highest BCUT2D eigenvalue weighted by Gasteiger charge is 2.12. The number of rotatable bonds is 6. The number of phenolic OH excluding ortho intramolecular Hbond substituents is 1. The average molecular weight is 349 g/mol. The minimum absolute atomic E-state index is 0.0910. The average Bonchev–Trinajstić information content (AvgIpc) is 2.69. The first-order valence-electron chi connectivity index (χ1n) is 9.20. The lowest BCUT2D eigenvalue weighted by Gasteiger charge is -2.28. The van der Waals surface area contributed by atoms with Gasteiger partial charge in [-0.2, -0.15) is 0 Å². The Hall–Kier alpha value is -2.69. The number of carbonyl (C=O) groups is 1. The molecule has 0 spiro atoms. The van der Waals surface area contributed by atoms with Gasteiger partial charge in [0.05, 0.1) is 0 Å². The number of allylic oxidation sites excluding steroid dienone is 1. The topological polar surface area (TPSA) is 49.8 Å². The Labute approximate surface area is 155 Å². The smallest absolute Gasteiger partial charge is 0.336 e. The van der Waals surface area contributed by atoms with Crippen molar-refractivity contribution in [2.24, 2.45) is 0 Å². The van der Waals surface area contributed by atoms with Crippen molar-refractivity contribution < 1.29 is 14.6 Å². The maximum atomic E-state index is 12.6. The highest BCUT2D eigenvalue weighted by molar-refractivity contribution is 6.27. The van der Waals surface area contributed by atoms with E-state index in [4.69, 9.17) is 4.65 Å². The van der Waals surface area contributed by atoms with Crippen molar-refractivity contribution in [3.05, 3.63) is 65.7 Å². The third-order valence-corrected chi connectivity index (χ3v) is 4.59. The maximum Gasteiger partial charge on any atom is 0.336 e. The van der Waals surface area contributed by atoms with Gasteiger partial charge in [0.25, 0.3) is 0 Å². The Bertz CT molecular complexity index is 763. The zero-order valence-electron chi connectivity index (χ0n) is 15.1. The molecule has 0 bridgehead atoms. The molecular formula is C21H24BNO3. The van der Waals surface area contributed by atoms with Gasteiger partial charge in [-0.15, -0.1) is 0 Å². The second-order valence-electron chi connectivity index (χ2n) is 6.45. The Balaban J connectivity index is 1.77. The van der Waals surface area contributed by atoms with Crippen LogP contribution in [0.3, 0.4) is 0 Å². The monoisotopic (exact) mass is 349 g/mol. The van der Waals surface area contributed by atoms with E-state index in [1.165, 1.54) is 31.0 Å². The van der Waals surface area contributed by atoms with E-state index >= 15 is 0 Å². The van der Waals surface area contributed by atoms with E-state index in [1.54, 1.807) is 24.3 Å². The Kier molecular flexibility index (Phi) is 6.00. The number of carbonyl (C=O) groups excluding carboxylic acids is 1. The van der Waals surface area contributed by atoms with Crippen LogP contribution in [-0.4, -0.2) is 31.5 Å². The van der Waals surface area contributed by atoms with E-state index in [2.05, 4.69) is 4.90 Å². The summed E-state index contributed by atoms with van der Waals surface area (Å²) in [5.41, 5.74) is 2.58. The molecule has 1 fully saturated rings. The predicted molar refractivity (Wildman–Crippen MR) is 107 cm³/mol. The lowest BCUT2D eigenvalue weighted by molar-refractivity contribution is 0.104. The Morgan fingerprint density at radius 3 is 2.23 bits per heavy atom. The van der Waals surface area contributed by atoms with Gasteiger partial charge in [0, 0.05) is 36.0 Å². The van der Waals surface area contributed by atoms with E-state index in [0.717, 1.165) is 18.7 Å². The minimum atomic E-state index is -0.0910. The molecule has 1 N–H and O–H groups in total. The zero-order chi connectivity index (χ0) is 18.4. The molecule has 0 atom stereocenters. The number of ketones is 1. The van der Waals surface area contributed by atoms with Crippen molar-refractivity contribution in [1.82, 2.24) is 0 Å². The van der Waals surface area contributed by atoms with Crippen molar-refractivity contribution in [2.75, 3.05) is 18.0 Å². The lowest BCUT2D eigenvalue weighted by atomic mass is 10.0. The summed E-state index contributed by atoms with van der Waals surface area (Å²) in [7, 11) is 0.466. The molecule has 0 saturated carbocycles. The van der Waals surface area contributed by atoms with Crippen molar-refractivity contribution in [3.63, 3.8) is 0 Å². The van der Waals surface area contributed by atoms with E-state index in [-0.39, 0.29) is 11.5 Å². The van der Waals surface area contributed by atoms with Gasteiger partial charge in [-0.1, -0.05) is 6.82 Å². The fourth-order valence-corrected chi connectivity index (χ4v) is 3.18. The van der Waals surface area contributed by atoms with Gasteiger partial charge in [0.2, 0.25) is 0 Å². The van der Waals surface area contributed by atoms with E-state index in [9.17, 15) is 9.90 Å². The maximum absolute atomic E-state index is 12.6. The molecule has 0 unspecified atom stereocenters. The van der Waals surface area contributed by atoms with Crippen LogP contribution in [0, 0.1) is 0 Å². The molecule has 1 aliphatic heterocycles. The molecule has 1 heterocycles. The minimum Gasteiger partial charge on any atom is -0.564 e. The SMILES string of the molecule is CBO/C(=C\C(=O)c1ccc(N2CCCCC2)cc1)c1ccc(O)cc1.